The number of benzene rings is 1. The number of hydrogen-bond acceptors (Lipinski definition) is 8. The predicted octanol–water partition coefficient (Wildman–Crippen LogP) is 0.741. The van der Waals surface area contributed by atoms with Gasteiger partial charge in [-0.15, -0.1) is 0 Å². The Labute approximate surface area is 194 Å². The Kier molecular flexibility index (Phi) is 7.10. The summed E-state index contributed by atoms with van der Waals surface area (Å²) in [4.78, 5) is 45.8. The average Bonchev–Trinajstić information content (AvgIpc) is 2.99. The molecule has 3 N–H and O–H groups in total. The summed E-state index contributed by atoms with van der Waals surface area (Å²) in [5.41, 5.74) is 1.37. The fourth-order valence-corrected chi connectivity index (χ4v) is 4.37. The third-order valence-electron chi connectivity index (χ3n) is 5.07. The van der Waals surface area contributed by atoms with Gasteiger partial charge in [-0.3, -0.25) is 24.6 Å². The summed E-state index contributed by atoms with van der Waals surface area (Å²) >= 11 is 1.28. The number of hydrogen-bond donors (Lipinski definition) is 3. The number of ketones is 1. The molecule has 1 fully saturated rings. The molecule has 10 nitrogen and oxygen atoms in total. The normalized spacial score (nSPS) is 16.8. The first-order valence-electron chi connectivity index (χ1n) is 10.4. The maximum atomic E-state index is 12.7. The van der Waals surface area contributed by atoms with Gasteiger partial charge < -0.3 is 10.6 Å². The molecule has 2 amide bonds. The molecule has 0 aliphatic carbocycles. The van der Waals surface area contributed by atoms with Crippen LogP contribution in [0.4, 0.5) is 0 Å². The number of nitrogens with one attached hydrogen (secondary N) is 2. The van der Waals surface area contributed by atoms with E-state index in [1.807, 2.05) is 10.4 Å². The molecule has 1 saturated heterocycles. The van der Waals surface area contributed by atoms with Crippen molar-refractivity contribution >= 4 is 40.6 Å². The molecular weight excluding hydrogens is 444 g/mol. The summed E-state index contributed by atoms with van der Waals surface area (Å²) in [6.07, 6.45) is 4.07. The van der Waals surface area contributed by atoms with Crippen molar-refractivity contribution in [1.29, 1.82) is 0 Å². The van der Waals surface area contributed by atoms with E-state index in [1.165, 1.54) is 24.3 Å². The Morgan fingerprint density at radius 2 is 1.97 bits per heavy atom. The van der Waals surface area contributed by atoms with Crippen LogP contribution in [0.5, 0.6) is 0 Å². The van der Waals surface area contributed by atoms with Gasteiger partial charge in [0.05, 0.1) is 36.4 Å². The van der Waals surface area contributed by atoms with Crippen molar-refractivity contribution in [1.82, 2.24) is 24.9 Å². The van der Waals surface area contributed by atoms with Crippen molar-refractivity contribution in [2.45, 2.75) is 23.9 Å². The van der Waals surface area contributed by atoms with Gasteiger partial charge in [-0.2, -0.15) is 0 Å². The molecule has 2 aromatic heterocycles. The van der Waals surface area contributed by atoms with Crippen LogP contribution in [0.25, 0.3) is 11.0 Å². The minimum Gasteiger partial charge on any atom is -0.345 e. The predicted molar refractivity (Wildman–Crippen MR) is 119 cm³/mol. The number of amides is 2. The van der Waals surface area contributed by atoms with E-state index in [9.17, 15) is 19.6 Å². The lowest BCUT2D eigenvalue weighted by atomic mass is 10.1. The highest BCUT2D eigenvalue weighted by molar-refractivity contribution is 7.96. The second kappa shape index (κ2) is 10.4. The van der Waals surface area contributed by atoms with Gasteiger partial charge in [-0.1, -0.05) is 12.1 Å². The summed E-state index contributed by atoms with van der Waals surface area (Å²) in [5, 5.41) is 15.7. The van der Waals surface area contributed by atoms with E-state index < -0.39 is 17.9 Å². The lowest BCUT2D eigenvalue weighted by Crippen LogP contribution is -2.46. The lowest BCUT2D eigenvalue weighted by Gasteiger charge is -2.17. The Morgan fingerprint density at radius 3 is 2.79 bits per heavy atom. The van der Waals surface area contributed by atoms with Crippen molar-refractivity contribution in [2.24, 2.45) is 0 Å². The van der Waals surface area contributed by atoms with Crippen LogP contribution in [0, 0.1) is 0 Å². The summed E-state index contributed by atoms with van der Waals surface area (Å²) < 4.78 is 2.86. The van der Waals surface area contributed by atoms with E-state index in [0.717, 1.165) is 4.73 Å². The molecule has 1 aromatic carbocycles. The van der Waals surface area contributed by atoms with Crippen LogP contribution >= 0.6 is 11.9 Å². The first-order chi connectivity index (χ1) is 16.0. The van der Waals surface area contributed by atoms with E-state index in [2.05, 4.69) is 20.6 Å². The molecular formula is C22H23N6O4S+. The Bertz CT molecular complexity index is 1190. The maximum absolute atomic E-state index is 12.7. The molecule has 0 radical (unpaired) electrons. The minimum atomic E-state index is -0.627. The molecule has 1 aliphatic heterocycles. The van der Waals surface area contributed by atoms with Crippen molar-refractivity contribution in [3.63, 3.8) is 0 Å². The SMILES string of the molecule is O=C(CNC(=O)c1cnc2ccccc2n1)NC1CCCN(Sc2cccc[n+]2O)CC1=O. The quantitative estimate of drug-likeness (QED) is 0.275. The largest absolute Gasteiger partial charge is 0.345 e. The molecule has 3 aromatic rings. The molecule has 1 aliphatic rings. The van der Waals surface area contributed by atoms with Crippen LogP contribution in [0.15, 0.2) is 59.9 Å². The van der Waals surface area contributed by atoms with E-state index in [0.29, 0.717) is 35.4 Å². The van der Waals surface area contributed by atoms with Crippen molar-refractivity contribution in [3.05, 3.63) is 60.6 Å². The van der Waals surface area contributed by atoms with Gasteiger partial charge in [-0.25, -0.2) is 9.29 Å². The van der Waals surface area contributed by atoms with Gasteiger partial charge in [0.25, 0.3) is 5.91 Å². The highest BCUT2D eigenvalue weighted by atomic mass is 32.2. The van der Waals surface area contributed by atoms with E-state index in [-0.39, 0.29) is 24.6 Å². The highest BCUT2D eigenvalue weighted by Gasteiger charge is 2.28. The number of rotatable bonds is 6. The fourth-order valence-electron chi connectivity index (χ4n) is 3.41. The number of pyridine rings is 1. The third-order valence-corrected chi connectivity index (χ3v) is 6.15. The fraction of sp³-hybridized carbons (Fsp3) is 0.273. The van der Waals surface area contributed by atoms with Crippen LogP contribution in [0.3, 0.4) is 0 Å². The molecule has 1 atom stereocenters. The Morgan fingerprint density at radius 1 is 1.18 bits per heavy atom. The van der Waals surface area contributed by atoms with Crippen LogP contribution in [0.2, 0.25) is 0 Å². The smallest absolute Gasteiger partial charge is 0.305 e. The highest BCUT2D eigenvalue weighted by Crippen LogP contribution is 2.22. The van der Waals surface area contributed by atoms with Gasteiger partial charge in [0, 0.05) is 35.4 Å². The Hall–Kier alpha value is -3.57. The monoisotopic (exact) mass is 467 g/mol. The molecule has 11 heteroatoms. The van der Waals surface area contributed by atoms with Crippen LogP contribution in [-0.4, -0.2) is 62.8 Å². The topological polar surface area (TPSA) is 128 Å². The van der Waals surface area contributed by atoms with Gasteiger partial charge in [0.2, 0.25) is 12.1 Å². The zero-order chi connectivity index (χ0) is 23.2. The summed E-state index contributed by atoms with van der Waals surface area (Å²) in [6.45, 7) is 0.489. The van der Waals surface area contributed by atoms with Gasteiger partial charge in [-0.05, 0) is 31.0 Å². The van der Waals surface area contributed by atoms with Gasteiger partial charge in [0.15, 0.2) is 5.78 Å². The molecule has 3 heterocycles. The number of Topliss-reactive ketones (excluding diaryl/α,β-unsaturated/α-hetero) is 1. The van der Waals surface area contributed by atoms with Crippen molar-refractivity contribution in [3.8, 4) is 0 Å². The standard InChI is InChI=1S/C22H22N6O4S/c29-19-14-27(33-21-9-3-4-11-28(21)32)10-5-8-17(19)26-20(30)13-24-22(31)18-12-23-15-6-1-2-7-16(15)25-18/h1-4,6-7,9,11-12,17H,5,8,10,13-14H2,(H2-,24,26,30,31,32)/p+1. The summed E-state index contributed by atoms with van der Waals surface area (Å²) in [5.74, 6) is -1.09. The second-order valence-electron chi connectivity index (χ2n) is 7.49. The molecule has 1 unspecified atom stereocenters. The first-order valence-corrected chi connectivity index (χ1v) is 11.2. The number of aromatic nitrogens is 3. The van der Waals surface area contributed by atoms with Crippen molar-refractivity contribution in [2.75, 3.05) is 19.6 Å². The van der Waals surface area contributed by atoms with E-state index in [1.54, 1.807) is 36.4 Å². The Balaban J connectivity index is 1.28. The second-order valence-corrected chi connectivity index (χ2v) is 8.61. The van der Waals surface area contributed by atoms with Crippen molar-refractivity contribution < 1.29 is 24.3 Å². The maximum Gasteiger partial charge on any atom is 0.305 e. The van der Waals surface area contributed by atoms with Crippen LogP contribution in [-0.2, 0) is 9.59 Å². The molecule has 0 saturated carbocycles. The molecule has 0 bridgehead atoms. The number of carbonyl (C=O) groups excluding carboxylic acids is 3. The average molecular weight is 468 g/mol. The van der Waals surface area contributed by atoms with Crippen LogP contribution in [0.1, 0.15) is 23.3 Å². The van der Waals surface area contributed by atoms with Gasteiger partial charge >= 0.3 is 5.03 Å². The third kappa shape index (κ3) is 5.82. The molecule has 0 spiro atoms. The number of carbonyl (C=O) groups is 3. The van der Waals surface area contributed by atoms with E-state index in [4.69, 9.17) is 0 Å². The molecule has 4 rings (SSSR count). The zero-order valence-electron chi connectivity index (χ0n) is 17.7. The van der Waals surface area contributed by atoms with Crippen LogP contribution < -0.4 is 15.4 Å². The molecule has 170 valence electrons. The first kappa shape index (κ1) is 22.6. The van der Waals surface area contributed by atoms with Gasteiger partial charge in [0.1, 0.15) is 5.69 Å². The lowest BCUT2D eigenvalue weighted by molar-refractivity contribution is -0.932. The summed E-state index contributed by atoms with van der Waals surface area (Å²) in [7, 11) is 0. The summed E-state index contributed by atoms with van der Waals surface area (Å²) in [6, 6.07) is 11.8. The minimum absolute atomic E-state index is 0.113. The number of nitrogens with zero attached hydrogens (tertiary/aromatic N) is 4. The zero-order valence-corrected chi connectivity index (χ0v) is 18.5. The number of fused-ring (bicyclic) bond motifs is 1. The van der Waals surface area contributed by atoms with E-state index >= 15 is 0 Å². The molecule has 33 heavy (non-hydrogen) atoms. The number of para-hydroxylation sites is 2.